The maximum atomic E-state index is 7.20. The Bertz CT molecular complexity index is 3910. The standard InChI is InChI=1S/C75H77N4O.Pt/c1-48(2)62-27-22-28-63(49(3)4)71(62)51-29-34-66-69(39-51)78(47-77(66)58-38-52(50-23-18-16-19-24-50)37-56(40-58)74(11,12)13)59-41-57(75(14,15)53-25-20-17-21-26-53)42-61(45-59)80-60-31-33-65-64-32-30-54(72(5,6)7)43-67(64)79(68(65)46-60)70-44-55(35-36-76-70)73(8,9)10;/h16-44,47-49H,1-15H3;/q-3;. The van der Waals surface area contributed by atoms with Crippen LogP contribution in [-0.2, 0) is 42.7 Å². The van der Waals surface area contributed by atoms with E-state index >= 15 is 0 Å². The van der Waals surface area contributed by atoms with Gasteiger partial charge in [-0.05, 0) is 137 Å². The average Bonchev–Trinajstić information content (AvgIpc) is 3.98. The maximum absolute atomic E-state index is 7.20. The van der Waals surface area contributed by atoms with Crippen LogP contribution in [0, 0.1) is 18.8 Å². The predicted molar refractivity (Wildman–Crippen MR) is 338 cm³/mol. The van der Waals surface area contributed by atoms with Crippen LogP contribution >= 0.6 is 0 Å². The van der Waals surface area contributed by atoms with Gasteiger partial charge in [0.2, 0.25) is 0 Å². The van der Waals surface area contributed by atoms with Gasteiger partial charge in [0.05, 0.1) is 0 Å². The molecule has 0 bridgehead atoms. The second kappa shape index (κ2) is 21.6. The van der Waals surface area contributed by atoms with Gasteiger partial charge < -0.3 is 19.1 Å². The first-order valence-corrected chi connectivity index (χ1v) is 28.6. The molecule has 81 heavy (non-hydrogen) atoms. The molecule has 0 atom stereocenters. The molecule has 0 unspecified atom stereocenters. The zero-order valence-corrected chi connectivity index (χ0v) is 52.3. The van der Waals surface area contributed by atoms with Crippen LogP contribution in [0.4, 0.5) is 22.7 Å². The van der Waals surface area contributed by atoms with Gasteiger partial charge in [-0.2, -0.15) is 6.07 Å². The number of fused-ring (bicyclic) bond motifs is 4. The molecule has 11 rings (SSSR count). The summed E-state index contributed by atoms with van der Waals surface area (Å²) >= 11 is 0. The number of rotatable bonds is 11. The predicted octanol–water partition coefficient (Wildman–Crippen LogP) is 20.8. The van der Waals surface area contributed by atoms with Crippen LogP contribution < -0.4 is 14.5 Å². The molecule has 2 aromatic heterocycles. The second-order valence-electron chi connectivity index (χ2n) is 26.3. The fourth-order valence-corrected chi connectivity index (χ4v) is 11.5. The van der Waals surface area contributed by atoms with Crippen LogP contribution in [-0.4, -0.2) is 9.55 Å². The number of hydrogen-bond acceptors (Lipinski definition) is 4. The summed E-state index contributed by atoms with van der Waals surface area (Å²) in [6, 6.07) is 70.1. The number of ether oxygens (including phenoxy) is 1. The smallest absolute Gasteiger partial charge is 0.135 e. The van der Waals surface area contributed by atoms with Gasteiger partial charge in [-0.25, -0.2) is 4.98 Å². The van der Waals surface area contributed by atoms with Gasteiger partial charge in [0, 0.05) is 61.3 Å². The Morgan fingerprint density at radius 2 is 1.11 bits per heavy atom. The van der Waals surface area contributed by atoms with E-state index in [1.54, 1.807) is 0 Å². The summed E-state index contributed by atoms with van der Waals surface area (Å²) in [4.78, 5) is 9.75. The number of anilines is 4. The van der Waals surface area contributed by atoms with Crippen LogP contribution in [0.5, 0.6) is 11.5 Å². The largest absolute Gasteiger partial charge is 0.509 e. The Morgan fingerprint density at radius 1 is 0.469 bits per heavy atom. The van der Waals surface area contributed by atoms with Crippen molar-refractivity contribution >= 4 is 44.6 Å². The minimum absolute atomic E-state index is 0. The van der Waals surface area contributed by atoms with Gasteiger partial charge in [0.15, 0.2) is 0 Å². The Balaban J connectivity index is 0.00000736. The Hall–Kier alpha value is -7.20. The fraction of sp³-hybridized carbons (Fsp3) is 0.280. The topological polar surface area (TPSA) is 33.5 Å². The van der Waals surface area contributed by atoms with Crippen molar-refractivity contribution in [2.75, 3.05) is 9.80 Å². The summed E-state index contributed by atoms with van der Waals surface area (Å²) in [7, 11) is 0. The number of benzene rings is 8. The van der Waals surface area contributed by atoms with Gasteiger partial charge in [-0.3, -0.25) is 0 Å². The summed E-state index contributed by atoms with van der Waals surface area (Å²) in [6.07, 6.45) is 1.94. The quantitative estimate of drug-likeness (QED) is 0.121. The molecule has 1 aliphatic heterocycles. The minimum Gasteiger partial charge on any atom is -0.509 e. The number of hydrogen-bond donors (Lipinski definition) is 0. The summed E-state index contributed by atoms with van der Waals surface area (Å²) in [5.74, 6) is 2.71. The van der Waals surface area contributed by atoms with Crippen LogP contribution in [0.2, 0.25) is 0 Å². The summed E-state index contributed by atoms with van der Waals surface area (Å²) < 4.78 is 9.47. The zero-order chi connectivity index (χ0) is 56.6. The van der Waals surface area contributed by atoms with E-state index in [1.807, 2.05) is 6.20 Å². The third-order valence-electron chi connectivity index (χ3n) is 16.4. The maximum Gasteiger partial charge on any atom is 0.135 e. The van der Waals surface area contributed by atoms with Crippen LogP contribution in [0.1, 0.15) is 155 Å². The van der Waals surface area contributed by atoms with Crippen LogP contribution in [0.25, 0.3) is 49.9 Å². The van der Waals surface area contributed by atoms with E-state index in [1.165, 1.54) is 55.6 Å². The Kier molecular flexibility index (Phi) is 15.2. The number of nitrogens with zero attached hydrogens (tertiary/aromatic N) is 4. The van der Waals surface area contributed by atoms with Crippen molar-refractivity contribution in [3.63, 3.8) is 0 Å². The number of pyridine rings is 1. The first-order chi connectivity index (χ1) is 37.9. The molecule has 0 saturated heterocycles. The molecule has 0 aliphatic carbocycles. The van der Waals surface area contributed by atoms with E-state index < -0.39 is 5.41 Å². The molecule has 6 heteroatoms. The molecular weight excluding hydrogens is 1170 g/mol. The molecule has 0 N–H and O–H groups in total. The molecule has 416 valence electrons. The molecule has 0 radical (unpaired) electrons. The fourth-order valence-electron chi connectivity index (χ4n) is 11.5. The van der Waals surface area contributed by atoms with E-state index in [4.69, 9.17) is 9.72 Å². The molecule has 0 spiro atoms. The van der Waals surface area contributed by atoms with Crippen molar-refractivity contribution < 1.29 is 25.8 Å². The van der Waals surface area contributed by atoms with Gasteiger partial charge in [0.25, 0.3) is 0 Å². The van der Waals surface area contributed by atoms with Gasteiger partial charge >= 0.3 is 0 Å². The van der Waals surface area contributed by atoms with Crippen molar-refractivity contribution in [3.05, 3.63) is 234 Å². The first kappa shape index (κ1) is 57.0. The SMILES string of the molecule is CC(C)c1cccc(C(C)C)c1-c1ccc2c(c1)N(c1[c-]c(Oc3[c-]c4c(cc3)c3ccc(C(C)(C)C)cc3n4-c3cc(C(C)(C)C)ccn3)cc(C(C)(C)c3ccccc3)c1)[CH-]N2c1cc(-c2ccccc2)cc(C(C)(C)C)c1.[Pt]. The second-order valence-corrected chi connectivity index (χ2v) is 26.3. The molecule has 0 saturated carbocycles. The van der Waals surface area contributed by atoms with Crippen molar-refractivity contribution in [1.82, 2.24) is 9.55 Å². The van der Waals surface area contributed by atoms with Crippen LogP contribution in [0.15, 0.2) is 176 Å². The molecule has 3 heterocycles. The van der Waals surface area contributed by atoms with E-state index in [0.717, 1.165) is 55.9 Å². The van der Waals surface area contributed by atoms with Crippen LogP contribution in [0.3, 0.4) is 0 Å². The Morgan fingerprint density at radius 3 is 1.77 bits per heavy atom. The van der Waals surface area contributed by atoms with Gasteiger partial charge in [-0.1, -0.05) is 213 Å². The molecule has 10 aromatic rings. The van der Waals surface area contributed by atoms with E-state index in [9.17, 15) is 0 Å². The summed E-state index contributed by atoms with van der Waals surface area (Å²) in [5.41, 5.74) is 19.0. The minimum atomic E-state index is -0.421. The molecule has 8 aromatic carbocycles. The number of aromatic nitrogens is 2. The zero-order valence-electron chi connectivity index (χ0n) is 50.0. The molecule has 1 aliphatic rings. The van der Waals surface area contributed by atoms with E-state index in [-0.39, 0.29) is 37.3 Å². The molecule has 5 nitrogen and oxygen atoms in total. The van der Waals surface area contributed by atoms with Crippen molar-refractivity contribution in [2.24, 2.45) is 0 Å². The van der Waals surface area contributed by atoms with E-state index in [2.05, 4.69) is 307 Å². The molecule has 0 amide bonds. The third kappa shape index (κ3) is 11.0. The monoisotopic (exact) mass is 1240 g/mol. The van der Waals surface area contributed by atoms with Crippen molar-refractivity contribution in [1.29, 1.82) is 0 Å². The summed E-state index contributed by atoms with van der Waals surface area (Å²) in [5, 5.41) is 2.23. The van der Waals surface area contributed by atoms with Gasteiger partial charge in [-0.15, -0.1) is 53.6 Å². The van der Waals surface area contributed by atoms with Crippen molar-refractivity contribution in [3.8, 4) is 39.6 Å². The summed E-state index contributed by atoms with van der Waals surface area (Å²) in [6.45, 7) is 36.6. The first-order valence-electron chi connectivity index (χ1n) is 28.6. The Labute approximate surface area is 497 Å². The molecule has 0 fully saturated rings. The molecular formula is C75H77N4OPt-3. The van der Waals surface area contributed by atoms with Crippen molar-refractivity contribution in [2.45, 2.75) is 137 Å². The normalized spacial score (nSPS) is 13.1. The average molecular weight is 1250 g/mol. The van der Waals surface area contributed by atoms with Gasteiger partial charge in [0.1, 0.15) is 5.82 Å². The third-order valence-corrected chi connectivity index (χ3v) is 16.4. The van der Waals surface area contributed by atoms with E-state index in [0.29, 0.717) is 23.3 Å².